The highest BCUT2D eigenvalue weighted by molar-refractivity contribution is 5.24. The molecule has 15 heavy (non-hydrogen) atoms. The smallest absolute Gasteiger partial charge is 0.161 e. The van der Waals surface area contributed by atoms with Crippen LogP contribution >= 0.6 is 0 Å². The lowest BCUT2D eigenvalue weighted by molar-refractivity contribution is 0.434. The summed E-state index contributed by atoms with van der Waals surface area (Å²) in [5.74, 6) is -2.80. The predicted octanol–water partition coefficient (Wildman–Crippen LogP) is 2.57. The van der Waals surface area contributed by atoms with Gasteiger partial charge in [0.25, 0.3) is 0 Å². The molecule has 0 unspecified atom stereocenters. The maximum atomic E-state index is 13.4. The number of hydrogen-bond acceptors (Lipinski definition) is 1. The number of hydrogen-bond donors (Lipinski definition) is 1. The molecule has 1 fully saturated rings. The van der Waals surface area contributed by atoms with Crippen molar-refractivity contribution in [3.8, 4) is 0 Å². The van der Waals surface area contributed by atoms with Crippen LogP contribution in [-0.2, 0) is 0 Å². The number of halogens is 3. The van der Waals surface area contributed by atoms with Crippen LogP contribution in [0.4, 0.5) is 13.2 Å². The van der Waals surface area contributed by atoms with Gasteiger partial charge < -0.3 is 5.32 Å². The van der Waals surface area contributed by atoms with Gasteiger partial charge in [0.15, 0.2) is 11.6 Å². The summed E-state index contributed by atoms with van der Waals surface area (Å²) in [5, 5.41) is 3.11. The van der Waals surface area contributed by atoms with E-state index in [-0.39, 0.29) is 11.5 Å². The lowest BCUT2D eigenvalue weighted by Crippen LogP contribution is -2.29. The standard InChI is InChI=1S/C11H12F3N/c12-9-5-11(14)10(13)4-8(9)7-2-1-3-15-6-7/h4-5,7,15H,1-3,6H2/t7-/m0/s1. The third kappa shape index (κ3) is 2.15. The molecule has 0 bridgehead atoms. The van der Waals surface area contributed by atoms with Crippen molar-refractivity contribution in [2.75, 3.05) is 13.1 Å². The fourth-order valence-electron chi connectivity index (χ4n) is 1.97. The van der Waals surface area contributed by atoms with Crippen LogP contribution in [0.25, 0.3) is 0 Å². The van der Waals surface area contributed by atoms with Crippen LogP contribution in [0.1, 0.15) is 24.3 Å². The minimum absolute atomic E-state index is 0.0474. The average Bonchev–Trinajstić information content (AvgIpc) is 2.25. The molecule has 0 amide bonds. The Morgan fingerprint density at radius 1 is 1.07 bits per heavy atom. The molecule has 0 spiro atoms. The first-order valence-corrected chi connectivity index (χ1v) is 5.03. The van der Waals surface area contributed by atoms with E-state index in [0.29, 0.717) is 12.6 Å². The van der Waals surface area contributed by atoms with E-state index in [0.717, 1.165) is 25.5 Å². The van der Waals surface area contributed by atoms with Gasteiger partial charge in [-0.2, -0.15) is 0 Å². The summed E-state index contributed by atoms with van der Waals surface area (Å²) in [6.07, 6.45) is 1.75. The van der Waals surface area contributed by atoms with Crippen LogP contribution in [0, 0.1) is 17.5 Å². The minimum Gasteiger partial charge on any atom is -0.316 e. The van der Waals surface area contributed by atoms with Gasteiger partial charge in [-0.05, 0) is 36.9 Å². The molecule has 0 saturated carbocycles. The van der Waals surface area contributed by atoms with Crippen LogP contribution in [0.3, 0.4) is 0 Å². The molecule has 0 aliphatic carbocycles. The van der Waals surface area contributed by atoms with Crippen molar-refractivity contribution in [1.82, 2.24) is 5.32 Å². The molecular weight excluding hydrogens is 203 g/mol. The molecule has 1 saturated heterocycles. The summed E-state index contributed by atoms with van der Waals surface area (Å²) in [4.78, 5) is 0. The topological polar surface area (TPSA) is 12.0 Å². The maximum Gasteiger partial charge on any atom is 0.161 e. The van der Waals surface area contributed by atoms with Crippen LogP contribution in [0.15, 0.2) is 12.1 Å². The summed E-state index contributed by atoms with van der Waals surface area (Å²) in [6.45, 7) is 1.53. The maximum absolute atomic E-state index is 13.4. The van der Waals surface area contributed by atoms with Gasteiger partial charge in [-0.25, -0.2) is 13.2 Å². The molecule has 1 aromatic carbocycles. The first kappa shape index (κ1) is 10.5. The van der Waals surface area contributed by atoms with Gasteiger partial charge in [-0.1, -0.05) is 0 Å². The largest absolute Gasteiger partial charge is 0.316 e. The van der Waals surface area contributed by atoms with Crippen LogP contribution in [0.2, 0.25) is 0 Å². The highest BCUT2D eigenvalue weighted by Crippen LogP contribution is 2.27. The van der Waals surface area contributed by atoms with Gasteiger partial charge in [0, 0.05) is 12.6 Å². The van der Waals surface area contributed by atoms with Crippen molar-refractivity contribution in [1.29, 1.82) is 0 Å². The van der Waals surface area contributed by atoms with E-state index in [1.165, 1.54) is 0 Å². The Bertz CT molecular complexity index is 359. The number of piperidine rings is 1. The summed E-state index contributed by atoms with van der Waals surface area (Å²) in [7, 11) is 0. The zero-order valence-corrected chi connectivity index (χ0v) is 8.19. The number of benzene rings is 1. The Kier molecular flexibility index (Phi) is 2.95. The Labute approximate surface area is 86.3 Å². The monoisotopic (exact) mass is 215 g/mol. The molecule has 82 valence electrons. The lowest BCUT2D eigenvalue weighted by atomic mass is 9.91. The minimum atomic E-state index is -1.12. The first-order valence-electron chi connectivity index (χ1n) is 5.03. The Morgan fingerprint density at radius 3 is 2.47 bits per heavy atom. The van der Waals surface area contributed by atoms with Crippen molar-refractivity contribution in [2.45, 2.75) is 18.8 Å². The normalized spacial score (nSPS) is 21.7. The zero-order valence-electron chi connectivity index (χ0n) is 8.19. The number of nitrogens with one attached hydrogen (secondary N) is 1. The van der Waals surface area contributed by atoms with E-state index in [1.54, 1.807) is 0 Å². The van der Waals surface area contributed by atoms with E-state index in [1.807, 2.05) is 0 Å². The van der Waals surface area contributed by atoms with Crippen molar-refractivity contribution >= 4 is 0 Å². The Balaban J connectivity index is 2.30. The van der Waals surface area contributed by atoms with Gasteiger partial charge in [-0.15, -0.1) is 0 Å². The van der Waals surface area contributed by atoms with Crippen molar-refractivity contribution in [2.24, 2.45) is 0 Å². The molecule has 1 N–H and O–H groups in total. The van der Waals surface area contributed by atoms with E-state index in [9.17, 15) is 13.2 Å². The summed E-state index contributed by atoms with van der Waals surface area (Å²) < 4.78 is 39.0. The van der Waals surface area contributed by atoms with Gasteiger partial charge in [0.1, 0.15) is 5.82 Å². The zero-order chi connectivity index (χ0) is 10.8. The van der Waals surface area contributed by atoms with Crippen molar-refractivity contribution < 1.29 is 13.2 Å². The number of rotatable bonds is 1. The second-order valence-electron chi connectivity index (χ2n) is 3.83. The fraction of sp³-hybridized carbons (Fsp3) is 0.455. The Morgan fingerprint density at radius 2 is 1.80 bits per heavy atom. The highest BCUT2D eigenvalue weighted by atomic mass is 19.2. The molecule has 2 rings (SSSR count). The van der Waals surface area contributed by atoms with Crippen molar-refractivity contribution in [3.05, 3.63) is 35.1 Å². The molecule has 1 nitrogen and oxygen atoms in total. The second kappa shape index (κ2) is 4.23. The van der Waals surface area contributed by atoms with Crippen LogP contribution in [0.5, 0.6) is 0 Å². The van der Waals surface area contributed by atoms with E-state index in [2.05, 4.69) is 5.32 Å². The molecule has 1 atom stereocenters. The van der Waals surface area contributed by atoms with Gasteiger partial charge in [0.05, 0.1) is 0 Å². The lowest BCUT2D eigenvalue weighted by Gasteiger charge is -2.23. The molecule has 0 aromatic heterocycles. The second-order valence-corrected chi connectivity index (χ2v) is 3.83. The third-order valence-corrected chi connectivity index (χ3v) is 2.78. The Hall–Kier alpha value is -1.03. The summed E-state index contributed by atoms with van der Waals surface area (Å²) in [6, 6.07) is 1.60. The predicted molar refractivity (Wildman–Crippen MR) is 51.2 cm³/mol. The van der Waals surface area contributed by atoms with Crippen LogP contribution < -0.4 is 5.32 Å². The fourth-order valence-corrected chi connectivity index (χ4v) is 1.97. The first-order chi connectivity index (χ1) is 7.18. The molecule has 1 aliphatic heterocycles. The van der Waals surface area contributed by atoms with E-state index in [4.69, 9.17) is 0 Å². The van der Waals surface area contributed by atoms with Gasteiger partial charge >= 0.3 is 0 Å². The average molecular weight is 215 g/mol. The molecule has 1 aromatic rings. The molecule has 0 radical (unpaired) electrons. The van der Waals surface area contributed by atoms with Gasteiger partial charge in [0.2, 0.25) is 0 Å². The third-order valence-electron chi connectivity index (χ3n) is 2.78. The van der Waals surface area contributed by atoms with E-state index < -0.39 is 17.5 Å². The molecular formula is C11H12F3N. The van der Waals surface area contributed by atoms with Crippen LogP contribution in [-0.4, -0.2) is 13.1 Å². The quantitative estimate of drug-likeness (QED) is 0.710. The highest BCUT2D eigenvalue weighted by Gasteiger charge is 2.20. The summed E-state index contributed by atoms with van der Waals surface area (Å²) >= 11 is 0. The molecule has 1 heterocycles. The van der Waals surface area contributed by atoms with Gasteiger partial charge in [-0.3, -0.25) is 0 Å². The van der Waals surface area contributed by atoms with E-state index >= 15 is 0 Å². The SMILES string of the molecule is Fc1cc(F)c([C@H]2CCCNC2)cc1F. The molecule has 1 aliphatic rings. The summed E-state index contributed by atoms with van der Waals surface area (Å²) in [5.41, 5.74) is 0.279. The molecule has 4 heteroatoms. The van der Waals surface area contributed by atoms with Crippen molar-refractivity contribution in [3.63, 3.8) is 0 Å².